The Morgan fingerprint density at radius 1 is 1.00 bits per heavy atom. The van der Waals surface area contributed by atoms with Gasteiger partial charge in [0.25, 0.3) is 0 Å². The van der Waals surface area contributed by atoms with Gasteiger partial charge in [-0.2, -0.15) is 0 Å². The quantitative estimate of drug-likeness (QED) is 0.666. The number of benzene rings is 2. The summed E-state index contributed by atoms with van der Waals surface area (Å²) >= 11 is 0. The lowest BCUT2D eigenvalue weighted by molar-refractivity contribution is -0.116. The molecule has 0 aliphatic heterocycles. The van der Waals surface area contributed by atoms with Crippen LogP contribution in [0, 0.1) is 0 Å². The SMILES string of the molecule is CCCc1ccc(C(=O)CCC(=O)Nc2cccc(N(C)CC)c2)cc1. The van der Waals surface area contributed by atoms with Crippen molar-refractivity contribution >= 4 is 23.1 Å². The summed E-state index contributed by atoms with van der Waals surface area (Å²) in [6.07, 6.45) is 2.50. The lowest BCUT2D eigenvalue weighted by Crippen LogP contribution is -2.17. The van der Waals surface area contributed by atoms with Crippen LogP contribution >= 0.6 is 0 Å². The molecule has 26 heavy (non-hydrogen) atoms. The topological polar surface area (TPSA) is 49.4 Å². The number of aryl methyl sites for hydroxylation is 1. The molecule has 1 amide bonds. The highest BCUT2D eigenvalue weighted by Gasteiger charge is 2.10. The number of amides is 1. The first kappa shape index (κ1) is 19.7. The molecule has 0 radical (unpaired) electrons. The van der Waals surface area contributed by atoms with Crippen molar-refractivity contribution in [1.82, 2.24) is 0 Å². The molecule has 0 atom stereocenters. The van der Waals surface area contributed by atoms with Gasteiger partial charge in [0.2, 0.25) is 5.91 Å². The molecule has 0 aliphatic rings. The maximum absolute atomic E-state index is 12.3. The first-order valence-corrected chi connectivity index (χ1v) is 9.26. The Balaban J connectivity index is 1.87. The van der Waals surface area contributed by atoms with Crippen LogP contribution in [0.1, 0.15) is 49.0 Å². The number of carbonyl (C=O) groups excluding carboxylic acids is 2. The van der Waals surface area contributed by atoms with Crippen molar-refractivity contribution < 1.29 is 9.59 Å². The second-order valence-electron chi connectivity index (χ2n) is 6.48. The average Bonchev–Trinajstić information content (AvgIpc) is 2.66. The van der Waals surface area contributed by atoms with Gasteiger partial charge in [-0.05, 0) is 37.1 Å². The predicted molar refractivity (Wildman–Crippen MR) is 108 cm³/mol. The number of anilines is 2. The van der Waals surface area contributed by atoms with Crippen LogP contribution in [0.5, 0.6) is 0 Å². The smallest absolute Gasteiger partial charge is 0.224 e. The zero-order chi connectivity index (χ0) is 18.9. The van der Waals surface area contributed by atoms with Crippen LogP contribution in [0.4, 0.5) is 11.4 Å². The van der Waals surface area contributed by atoms with Crippen LogP contribution in [0.15, 0.2) is 48.5 Å². The van der Waals surface area contributed by atoms with E-state index >= 15 is 0 Å². The zero-order valence-electron chi connectivity index (χ0n) is 15.9. The molecule has 2 rings (SSSR count). The molecule has 138 valence electrons. The molecule has 0 saturated heterocycles. The molecule has 0 heterocycles. The van der Waals surface area contributed by atoms with Crippen molar-refractivity contribution in [2.75, 3.05) is 23.8 Å². The summed E-state index contributed by atoms with van der Waals surface area (Å²) in [5.74, 6) is -0.139. The van der Waals surface area contributed by atoms with E-state index in [9.17, 15) is 9.59 Å². The summed E-state index contributed by atoms with van der Waals surface area (Å²) in [6, 6.07) is 15.4. The molecule has 0 unspecified atom stereocenters. The van der Waals surface area contributed by atoms with Crippen molar-refractivity contribution in [1.29, 1.82) is 0 Å². The fourth-order valence-corrected chi connectivity index (χ4v) is 2.74. The molecular weight excluding hydrogens is 324 g/mol. The van der Waals surface area contributed by atoms with Gasteiger partial charge >= 0.3 is 0 Å². The van der Waals surface area contributed by atoms with Gasteiger partial charge < -0.3 is 10.2 Å². The third kappa shape index (κ3) is 5.73. The highest BCUT2D eigenvalue weighted by molar-refractivity contribution is 6.00. The summed E-state index contributed by atoms with van der Waals surface area (Å²) < 4.78 is 0. The van der Waals surface area contributed by atoms with Gasteiger partial charge in [-0.3, -0.25) is 9.59 Å². The number of nitrogens with one attached hydrogen (secondary N) is 1. The molecule has 2 aromatic carbocycles. The van der Waals surface area contributed by atoms with E-state index in [0.717, 1.165) is 30.8 Å². The fraction of sp³-hybridized carbons (Fsp3) is 0.364. The number of hydrogen-bond acceptors (Lipinski definition) is 3. The molecule has 4 nitrogen and oxygen atoms in total. The molecule has 2 aromatic rings. The number of ketones is 1. The Morgan fingerprint density at radius 3 is 2.38 bits per heavy atom. The molecule has 0 spiro atoms. The van der Waals surface area contributed by atoms with E-state index in [0.29, 0.717) is 5.56 Å². The first-order chi connectivity index (χ1) is 12.5. The van der Waals surface area contributed by atoms with Gasteiger partial charge in [0, 0.05) is 43.4 Å². The molecule has 0 fully saturated rings. The summed E-state index contributed by atoms with van der Waals surface area (Å²) in [7, 11) is 2.01. The highest BCUT2D eigenvalue weighted by atomic mass is 16.2. The van der Waals surface area contributed by atoms with Crippen molar-refractivity contribution in [3.05, 3.63) is 59.7 Å². The summed E-state index contributed by atoms with van der Waals surface area (Å²) in [6.45, 7) is 5.10. The minimum Gasteiger partial charge on any atom is -0.375 e. The van der Waals surface area contributed by atoms with E-state index in [2.05, 4.69) is 24.1 Å². The zero-order valence-corrected chi connectivity index (χ0v) is 15.9. The van der Waals surface area contributed by atoms with Crippen LogP contribution < -0.4 is 10.2 Å². The average molecular weight is 352 g/mol. The summed E-state index contributed by atoms with van der Waals surface area (Å²) in [5.41, 5.74) is 3.71. The van der Waals surface area contributed by atoms with Crippen molar-refractivity contribution in [2.45, 2.75) is 39.5 Å². The van der Waals surface area contributed by atoms with Gasteiger partial charge in [-0.1, -0.05) is 43.7 Å². The Kier molecular flexibility index (Phi) is 7.39. The standard InChI is InChI=1S/C22H28N2O2/c1-4-7-17-10-12-18(13-11-17)21(25)14-15-22(26)23-19-8-6-9-20(16-19)24(3)5-2/h6,8-13,16H,4-5,7,14-15H2,1-3H3,(H,23,26). The van der Waals surface area contributed by atoms with Gasteiger partial charge in [0.15, 0.2) is 5.78 Å². The molecule has 1 N–H and O–H groups in total. The molecule has 4 heteroatoms. The summed E-state index contributed by atoms with van der Waals surface area (Å²) in [5, 5.41) is 2.88. The number of carbonyl (C=O) groups is 2. The van der Waals surface area contributed by atoms with E-state index in [1.807, 2.05) is 55.6 Å². The van der Waals surface area contributed by atoms with Crippen LogP contribution in [0.3, 0.4) is 0 Å². The highest BCUT2D eigenvalue weighted by Crippen LogP contribution is 2.18. The van der Waals surface area contributed by atoms with Crippen LogP contribution in [-0.2, 0) is 11.2 Å². The Bertz CT molecular complexity index is 738. The minimum absolute atomic E-state index is 0.00247. The second-order valence-corrected chi connectivity index (χ2v) is 6.48. The van der Waals surface area contributed by atoms with E-state index in [1.54, 1.807) is 0 Å². The molecule has 0 aliphatic carbocycles. The molecular formula is C22H28N2O2. The maximum atomic E-state index is 12.3. The van der Waals surface area contributed by atoms with Crippen LogP contribution in [0.2, 0.25) is 0 Å². The lowest BCUT2D eigenvalue weighted by atomic mass is 10.0. The van der Waals surface area contributed by atoms with Crippen molar-refractivity contribution in [3.8, 4) is 0 Å². The Labute approximate surface area is 156 Å². The van der Waals surface area contributed by atoms with E-state index in [-0.39, 0.29) is 24.5 Å². The monoisotopic (exact) mass is 352 g/mol. The molecule has 0 aromatic heterocycles. The van der Waals surface area contributed by atoms with Gasteiger partial charge in [0.05, 0.1) is 0 Å². The maximum Gasteiger partial charge on any atom is 0.224 e. The van der Waals surface area contributed by atoms with E-state index < -0.39 is 0 Å². The van der Waals surface area contributed by atoms with Crippen molar-refractivity contribution in [2.24, 2.45) is 0 Å². The van der Waals surface area contributed by atoms with E-state index in [1.165, 1.54) is 5.56 Å². The summed E-state index contributed by atoms with van der Waals surface area (Å²) in [4.78, 5) is 26.5. The Hall–Kier alpha value is -2.62. The van der Waals surface area contributed by atoms with Gasteiger partial charge in [-0.15, -0.1) is 0 Å². The molecule has 0 saturated carbocycles. The Morgan fingerprint density at radius 2 is 1.73 bits per heavy atom. The van der Waals surface area contributed by atoms with Gasteiger partial charge in [-0.25, -0.2) is 0 Å². The van der Waals surface area contributed by atoms with Crippen LogP contribution in [0.25, 0.3) is 0 Å². The lowest BCUT2D eigenvalue weighted by Gasteiger charge is -2.17. The predicted octanol–water partition coefficient (Wildman–Crippen LogP) is 4.70. The number of rotatable bonds is 9. The normalized spacial score (nSPS) is 10.4. The van der Waals surface area contributed by atoms with E-state index in [4.69, 9.17) is 0 Å². The number of Topliss-reactive ketones (excluding diaryl/α,β-unsaturated/α-hetero) is 1. The number of hydrogen-bond donors (Lipinski definition) is 1. The minimum atomic E-state index is -0.141. The first-order valence-electron chi connectivity index (χ1n) is 9.26. The van der Waals surface area contributed by atoms with Crippen molar-refractivity contribution in [3.63, 3.8) is 0 Å². The molecule has 0 bridgehead atoms. The van der Waals surface area contributed by atoms with Crippen LogP contribution in [-0.4, -0.2) is 25.3 Å². The second kappa shape index (κ2) is 9.76. The third-order valence-electron chi connectivity index (χ3n) is 4.44. The van der Waals surface area contributed by atoms with Gasteiger partial charge in [0.1, 0.15) is 0 Å². The number of nitrogens with zero attached hydrogens (tertiary/aromatic N) is 1. The fourth-order valence-electron chi connectivity index (χ4n) is 2.74. The third-order valence-corrected chi connectivity index (χ3v) is 4.44. The largest absolute Gasteiger partial charge is 0.375 e.